The Bertz CT molecular complexity index is 1710. The summed E-state index contributed by atoms with van der Waals surface area (Å²) >= 11 is 0. The summed E-state index contributed by atoms with van der Waals surface area (Å²) in [5.74, 6) is 2.52. The minimum Gasteiger partial charge on any atom is -0.632 e. The maximum Gasteiger partial charge on any atom is 2.00 e. The van der Waals surface area contributed by atoms with Crippen molar-refractivity contribution in [3.8, 4) is 34.2 Å². The van der Waals surface area contributed by atoms with Crippen LogP contribution in [0.25, 0.3) is 33.9 Å². The smallest absolute Gasteiger partial charge is 0.632 e. The molecule has 0 aliphatic heterocycles. The normalized spacial score (nSPS) is 11.6. The van der Waals surface area contributed by atoms with E-state index in [4.69, 9.17) is 11.5 Å². The predicted molar refractivity (Wildman–Crippen MR) is 158 cm³/mol. The fourth-order valence-electron chi connectivity index (χ4n) is 3.68. The molecule has 12 nitrogen and oxygen atoms in total. The van der Waals surface area contributed by atoms with Gasteiger partial charge in [-0.2, -0.15) is 25.9 Å². The fraction of sp³-hybridized carbons (Fsp3) is 0.111. The van der Waals surface area contributed by atoms with Crippen molar-refractivity contribution in [3.63, 3.8) is 0 Å². The number of hydrogen-bond acceptors (Lipinski definition) is 8. The first-order chi connectivity index (χ1) is 20.5. The summed E-state index contributed by atoms with van der Waals surface area (Å²) in [5, 5.41) is 0. The molecule has 5 rings (SSSR count). The zero-order chi connectivity index (χ0) is 31.6. The van der Waals surface area contributed by atoms with Crippen molar-refractivity contribution < 1.29 is 74.5 Å². The molecule has 0 bridgehead atoms. The van der Waals surface area contributed by atoms with Crippen LogP contribution in [0.1, 0.15) is 22.4 Å². The second kappa shape index (κ2) is 18.2. The molecule has 2 heterocycles. The van der Waals surface area contributed by atoms with E-state index in [0.717, 1.165) is 14.2 Å². The van der Waals surface area contributed by atoms with E-state index in [1.54, 1.807) is 36.3 Å². The van der Waals surface area contributed by atoms with Gasteiger partial charge in [0.15, 0.2) is 0 Å². The van der Waals surface area contributed by atoms with Crippen LogP contribution in [0.4, 0.5) is 18.4 Å². The van der Waals surface area contributed by atoms with Crippen molar-refractivity contribution in [2.75, 3.05) is 14.2 Å². The maximum atomic E-state index is 15.4. The van der Waals surface area contributed by atoms with Crippen molar-refractivity contribution in [1.29, 1.82) is 0 Å². The average Bonchev–Trinajstić information content (AvgIpc) is 3.70. The van der Waals surface area contributed by atoms with Crippen LogP contribution in [0.2, 0.25) is 0 Å². The molecule has 1 aliphatic carbocycles. The number of methoxy groups -OCH3 is 2. The minimum atomic E-state index is -3.19. The third-order valence-corrected chi connectivity index (χ3v) is 6.71. The first-order valence-corrected chi connectivity index (χ1v) is 13.7. The molecule has 2 atom stereocenters. The van der Waals surface area contributed by atoms with E-state index in [0.29, 0.717) is 44.8 Å². The van der Waals surface area contributed by atoms with E-state index in [1.807, 2.05) is 0 Å². The molecule has 4 N–H and O–H groups in total. The SMILES string of the molecule is COC([NH-])=O.COC([NH-])=O.O=[C-]Pc1ncc(C#Cc2ccc3c(c2)C(F)(F)c2cc(-c4cnc(P[C-]=O)[nH]4)ccc2-3)[nH]1.[V+2].[V+2]. The second-order valence-electron chi connectivity index (χ2n) is 8.07. The number of nitrogens with one attached hydrogen (secondary N) is 4. The summed E-state index contributed by atoms with van der Waals surface area (Å²) < 4.78 is 38.4. The first kappa shape index (κ1) is 39.2. The molecule has 18 heteroatoms. The zero-order valence-corrected chi connectivity index (χ0v) is 27.9. The first-order valence-electron chi connectivity index (χ1n) is 11.7. The molecule has 1 aliphatic rings. The Kier molecular flexibility index (Phi) is 15.9. The number of imidazole rings is 2. The Balaban J connectivity index is 0.000000739. The molecule has 2 aromatic carbocycles. The summed E-state index contributed by atoms with van der Waals surface area (Å²) in [7, 11) is 1.86. The summed E-state index contributed by atoms with van der Waals surface area (Å²) in [6.07, 6.45) is 1.01. The molecular formula is C27H20F2N6O6P2V2. The number of halogens is 2. The van der Waals surface area contributed by atoms with E-state index in [2.05, 4.69) is 41.3 Å². The summed E-state index contributed by atoms with van der Waals surface area (Å²) in [5.41, 5.74) is 15.6. The number of H-pyrrole nitrogens is 2. The van der Waals surface area contributed by atoms with E-state index in [9.17, 15) is 19.2 Å². The molecule has 2 radical (unpaired) electrons. The number of alkyl halides is 2. The van der Waals surface area contributed by atoms with Crippen molar-refractivity contribution in [2.45, 2.75) is 5.92 Å². The summed E-state index contributed by atoms with van der Waals surface area (Å²) in [6.45, 7) is 0. The summed E-state index contributed by atoms with van der Waals surface area (Å²) in [4.78, 5) is 53.5. The zero-order valence-electron chi connectivity index (χ0n) is 23.1. The Hall–Kier alpha value is -3.81. The van der Waals surface area contributed by atoms with Gasteiger partial charge in [-0.05, 0) is 35.2 Å². The van der Waals surface area contributed by atoms with Crippen molar-refractivity contribution >= 4 is 52.5 Å². The van der Waals surface area contributed by atoms with Crippen molar-refractivity contribution in [1.82, 2.24) is 19.9 Å². The van der Waals surface area contributed by atoms with E-state index < -0.39 is 18.1 Å². The van der Waals surface area contributed by atoms with Gasteiger partial charge in [-0.15, -0.1) is 0 Å². The van der Waals surface area contributed by atoms with Gasteiger partial charge in [-0.25, -0.2) is 22.0 Å². The largest absolute Gasteiger partial charge is 2.00 e. The fourth-order valence-corrected chi connectivity index (χ4v) is 4.53. The molecule has 45 heavy (non-hydrogen) atoms. The number of benzene rings is 2. The third-order valence-electron chi connectivity index (χ3n) is 5.52. The number of nitrogens with zero attached hydrogens (tertiary/aromatic N) is 2. The van der Waals surface area contributed by atoms with Crippen LogP contribution in [0.15, 0.2) is 48.8 Å². The molecule has 0 saturated heterocycles. The van der Waals surface area contributed by atoms with Crippen molar-refractivity contribution in [3.05, 3.63) is 82.6 Å². The van der Waals surface area contributed by atoms with Crippen LogP contribution >= 0.6 is 17.2 Å². The molecule has 0 spiro atoms. The number of fused-ring (bicyclic) bond motifs is 3. The van der Waals surface area contributed by atoms with Gasteiger partial charge in [0.05, 0.1) is 43.4 Å². The van der Waals surface area contributed by atoms with E-state index >= 15 is 8.78 Å². The number of amides is 2. The molecule has 2 amide bonds. The number of ether oxygens (including phenoxy) is 2. The molecular weight excluding hydrogens is 706 g/mol. The maximum absolute atomic E-state index is 15.4. The van der Waals surface area contributed by atoms with E-state index in [1.165, 1.54) is 24.5 Å². The number of carbonyl (C=O) groups is 2. The van der Waals surface area contributed by atoms with E-state index in [-0.39, 0.29) is 65.4 Å². The van der Waals surface area contributed by atoms with Gasteiger partial charge in [0.25, 0.3) is 5.92 Å². The standard InChI is InChI=1S/C23H12F2N4O2P2.2C2H5NO2.2V/c24-23(25)18-7-13(1-4-15-9-26-21(28-15)32-11-30)2-5-16(18)17-6-3-14(8-19(17)23)20-10-27-22(29-20)33-12-31;2*1-5-2(3)4;;/h2-3,5-10,32-33H,(H,26,28)(H,27,29);2*1H3,(H2,3,4);;/q-2;;;2*+2/p-2. The van der Waals surface area contributed by atoms with Gasteiger partial charge < -0.3 is 40.5 Å². The predicted octanol–water partition coefficient (Wildman–Crippen LogP) is 4.67. The van der Waals surface area contributed by atoms with Crippen LogP contribution in [-0.2, 0) is 62.1 Å². The third kappa shape index (κ3) is 10.4. The number of aromatic nitrogens is 4. The Morgan fingerprint density at radius 2 is 1.36 bits per heavy atom. The average molecular weight is 726 g/mol. The van der Waals surface area contributed by atoms with Gasteiger partial charge in [0.2, 0.25) is 12.2 Å². The molecule has 0 fully saturated rings. The topological polar surface area (TPSA) is 192 Å². The molecule has 0 saturated carbocycles. The van der Waals surface area contributed by atoms with Crippen LogP contribution in [-0.4, -0.2) is 58.4 Å². The second-order valence-corrected chi connectivity index (χ2v) is 9.93. The monoisotopic (exact) mass is 726 g/mol. The Labute approximate surface area is 282 Å². The van der Waals surface area contributed by atoms with Crippen molar-refractivity contribution in [2.24, 2.45) is 0 Å². The Morgan fingerprint density at radius 1 is 0.844 bits per heavy atom. The van der Waals surface area contributed by atoms with Gasteiger partial charge in [0.1, 0.15) is 5.69 Å². The number of hydrogen-bond donors (Lipinski definition) is 2. The van der Waals surface area contributed by atoms with Crippen LogP contribution in [0, 0.1) is 11.8 Å². The molecule has 228 valence electrons. The van der Waals surface area contributed by atoms with Gasteiger partial charge in [-0.1, -0.05) is 24.1 Å². The van der Waals surface area contributed by atoms with Crippen LogP contribution < -0.4 is 11.1 Å². The quantitative estimate of drug-likeness (QED) is 0.168. The minimum absolute atomic E-state index is 0. The van der Waals surface area contributed by atoms with Gasteiger partial charge in [0, 0.05) is 22.3 Å². The Morgan fingerprint density at radius 3 is 1.91 bits per heavy atom. The van der Waals surface area contributed by atoms with Crippen LogP contribution in [0.3, 0.4) is 0 Å². The van der Waals surface area contributed by atoms with Gasteiger partial charge >= 0.3 is 37.1 Å². The number of aromatic amines is 2. The molecule has 4 aromatic rings. The molecule has 2 aromatic heterocycles. The van der Waals surface area contributed by atoms with Gasteiger partial charge in [-0.3, -0.25) is 9.59 Å². The number of carbonyl (C=O) groups excluding carboxylic acids is 4. The number of rotatable bonds is 5. The van der Waals surface area contributed by atoms with Crippen LogP contribution in [0.5, 0.6) is 0 Å². The molecule has 2 unspecified atom stereocenters. The summed E-state index contributed by atoms with van der Waals surface area (Å²) in [6, 6.07) is 13.2.